The van der Waals surface area contributed by atoms with E-state index in [-0.39, 0.29) is 5.69 Å². The summed E-state index contributed by atoms with van der Waals surface area (Å²) in [5.41, 5.74) is 1.05. The van der Waals surface area contributed by atoms with E-state index in [2.05, 4.69) is 31.2 Å². The number of benzene rings is 1. The fraction of sp³-hybridized carbons (Fsp3) is 0.100. The second-order valence-corrected chi connectivity index (χ2v) is 4.03. The van der Waals surface area contributed by atoms with Gasteiger partial charge in [-0.1, -0.05) is 0 Å². The highest BCUT2D eigenvalue weighted by Gasteiger charge is 2.09. The zero-order valence-corrected chi connectivity index (χ0v) is 9.68. The molecule has 84 valence electrons. The van der Waals surface area contributed by atoms with E-state index in [0.29, 0.717) is 11.0 Å². The molecule has 1 aromatic carbocycles. The first-order valence-corrected chi connectivity index (χ1v) is 5.32. The summed E-state index contributed by atoms with van der Waals surface area (Å²) in [7, 11) is 0. The topological polar surface area (TPSA) is 40.7 Å². The lowest BCUT2D eigenvalue weighted by Gasteiger charge is -2.08. The number of aromatic nitrogens is 2. The first kappa shape index (κ1) is 11.1. The van der Waals surface area contributed by atoms with Crippen molar-refractivity contribution in [3.05, 3.63) is 46.5 Å². The van der Waals surface area contributed by atoms with Crippen LogP contribution in [0, 0.1) is 11.6 Å². The highest BCUT2D eigenvalue weighted by atomic mass is 79.9. The van der Waals surface area contributed by atoms with Crippen molar-refractivity contribution in [2.24, 2.45) is 0 Å². The molecule has 0 aliphatic rings. The van der Waals surface area contributed by atoms with Crippen molar-refractivity contribution in [3.8, 4) is 0 Å². The van der Waals surface area contributed by atoms with Crippen LogP contribution >= 0.6 is 15.9 Å². The lowest BCUT2D eigenvalue weighted by molar-refractivity contribution is 0.583. The van der Waals surface area contributed by atoms with Crippen LogP contribution in [0.3, 0.4) is 0 Å². The van der Waals surface area contributed by atoms with Gasteiger partial charge in [-0.05, 0) is 22.0 Å². The Morgan fingerprint density at radius 2 is 2.19 bits per heavy atom. The predicted molar refractivity (Wildman–Crippen MR) is 60.0 cm³/mol. The second kappa shape index (κ2) is 4.61. The average molecular weight is 288 g/mol. The van der Waals surface area contributed by atoms with Crippen LogP contribution in [0.5, 0.6) is 0 Å². The zero-order chi connectivity index (χ0) is 11.5. The molecule has 0 radical (unpaired) electrons. The third-order valence-electron chi connectivity index (χ3n) is 2.02. The fourth-order valence-corrected chi connectivity index (χ4v) is 1.82. The second-order valence-electron chi connectivity index (χ2n) is 3.17. The molecule has 0 aliphatic carbocycles. The monoisotopic (exact) mass is 287 g/mol. The summed E-state index contributed by atoms with van der Waals surface area (Å²) in [5.74, 6) is -1.25. The van der Waals surface area contributed by atoms with E-state index in [1.54, 1.807) is 6.20 Å². The minimum atomic E-state index is -0.633. The zero-order valence-electron chi connectivity index (χ0n) is 8.10. The molecule has 16 heavy (non-hydrogen) atoms. The number of imidazole rings is 1. The van der Waals surface area contributed by atoms with Gasteiger partial charge in [0.15, 0.2) is 0 Å². The predicted octanol–water partition coefficient (Wildman–Crippen LogP) is 3.06. The summed E-state index contributed by atoms with van der Waals surface area (Å²) in [5, 5.41) is 2.85. The molecular weight excluding hydrogens is 280 g/mol. The van der Waals surface area contributed by atoms with Crippen LogP contribution in [-0.4, -0.2) is 9.97 Å². The number of anilines is 1. The van der Waals surface area contributed by atoms with E-state index < -0.39 is 11.6 Å². The molecule has 0 saturated carbocycles. The Balaban J connectivity index is 2.15. The van der Waals surface area contributed by atoms with Gasteiger partial charge in [-0.2, -0.15) is 0 Å². The van der Waals surface area contributed by atoms with Crippen LogP contribution in [0.15, 0.2) is 29.1 Å². The quantitative estimate of drug-likeness (QED) is 0.911. The molecule has 6 heteroatoms. The maximum atomic E-state index is 13.4. The first-order chi connectivity index (χ1) is 7.66. The number of hydrogen-bond acceptors (Lipinski definition) is 2. The number of aromatic amines is 1. The van der Waals surface area contributed by atoms with Gasteiger partial charge in [0.2, 0.25) is 0 Å². The van der Waals surface area contributed by atoms with E-state index in [1.165, 1.54) is 12.4 Å². The molecular formula is C10H8BrF2N3. The van der Waals surface area contributed by atoms with Gasteiger partial charge < -0.3 is 10.3 Å². The number of rotatable bonds is 3. The van der Waals surface area contributed by atoms with Crippen molar-refractivity contribution in [2.45, 2.75) is 6.54 Å². The van der Waals surface area contributed by atoms with Crippen molar-refractivity contribution in [1.29, 1.82) is 0 Å². The first-order valence-electron chi connectivity index (χ1n) is 4.52. The minimum Gasteiger partial charge on any atom is -0.376 e. The number of nitrogens with zero attached hydrogens (tertiary/aromatic N) is 1. The van der Waals surface area contributed by atoms with Crippen LogP contribution in [0.25, 0.3) is 0 Å². The molecule has 0 aliphatic heterocycles. The summed E-state index contributed by atoms with van der Waals surface area (Å²) < 4.78 is 26.5. The van der Waals surface area contributed by atoms with Crippen LogP contribution in [0.4, 0.5) is 14.5 Å². The van der Waals surface area contributed by atoms with Crippen LogP contribution < -0.4 is 5.32 Å². The van der Waals surface area contributed by atoms with Crippen LogP contribution in [0.2, 0.25) is 0 Å². The van der Waals surface area contributed by atoms with Gasteiger partial charge in [-0.3, -0.25) is 0 Å². The highest BCUT2D eigenvalue weighted by Crippen LogP contribution is 2.27. The van der Waals surface area contributed by atoms with Crippen LogP contribution in [0.1, 0.15) is 5.69 Å². The lowest BCUT2D eigenvalue weighted by Crippen LogP contribution is -2.03. The Morgan fingerprint density at radius 3 is 2.81 bits per heavy atom. The van der Waals surface area contributed by atoms with E-state index in [0.717, 1.165) is 11.8 Å². The van der Waals surface area contributed by atoms with Gasteiger partial charge >= 0.3 is 0 Å². The molecule has 0 atom stereocenters. The van der Waals surface area contributed by atoms with Gasteiger partial charge in [0.1, 0.15) is 11.6 Å². The Bertz CT molecular complexity index is 462. The van der Waals surface area contributed by atoms with E-state index in [1.807, 2.05) is 0 Å². The van der Waals surface area contributed by atoms with Gasteiger partial charge in [-0.15, -0.1) is 0 Å². The third-order valence-corrected chi connectivity index (χ3v) is 2.64. The van der Waals surface area contributed by atoms with Gasteiger partial charge in [0, 0.05) is 16.7 Å². The number of nitrogens with one attached hydrogen (secondary N) is 2. The summed E-state index contributed by atoms with van der Waals surface area (Å²) in [6.45, 7) is 0.390. The lowest BCUT2D eigenvalue weighted by atomic mass is 10.3. The molecule has 0 amide bonds. The molecule has 0 spiro atoms. The molecule has 2 rings (SSSR count). The molecule has 2 N–H and O–H groups in total. The van der Waals surface area contributed by atoms with E-state index >= 15 is 0 Å². The third kappa shape index (κ3) is 2.38. The fourth-order valence-electron chi connectivity index (χ4n) is 1.28. The number of halogens is 3. The van der Waals surface area contributed by atoms with Crippen molar-refractivity contribution >= 4 is 21.6 Å². The van der Waals surface area contributed by atoms with E-state index in [4.69, 9.17) is 0 Å². The van der Waals surface area contributed by atoms with Gasteiger partial charge in [-0.25, -0.2) is 13.8 Å². The standard InChI is InChI=1S/C10H8BrF2N3/c11-8-1-6(12)2-9(13)10(8)15-4-7-3-14-5-16-7/h1-3,5,15H,4H2,(H,14,16). The highest BCUT2D eigenvalue weighted by molar-refractivity contribution is 9.10. The van der Waals surface area contributed by atoms with Crippen molar-refractivity contribution < 1.29 is 8.78 Å². The van der Waals surface area contributed by atoms with E-state index in [9.17, 15) is 8.78 Å². The number of H-pyrrole nitrogens is 1. The molecule has 1 aromatic heterocycles. The van der Waals surface area contributed by atoms with Crippen molar-refractivity contribution in [3.63, 3.8) is 0 Å². The van der Waals surface area contributed by atoms with Gasteiger partial charge in [0.25, 0.3) is 0 Å². The molecule has 0 fully saturated rings. The summed E-state index contributed by atoms with van der Waals surface area (Å²) in [6, 6.07) is 2.04. The molecule has 0 unspecified atom stereocenters. The Kier molecular flexibility index (Phi) is 3.19. The van der Waals surface area contributed by atoms with Gasteiger partial charge in [0.05, 0.1) is 24.3 Å². The largest absolute Gasteiger partial charge is 0.376 e. The SMILES string of the molecule is Fc1cc(F)c(NCc2cnc[nH]2)c(Br)c1. The molecule has 3 nitrogen and oxygen atoms in total. The van der Waals surface area contributed by atoms with Crippen molar-refractivity contribution in [2.75, 3.05) is 5.32 Å². The Hall–Kier alpha value is -1.43. The molecule has 2 aromatic rings. The molecule has 0 saturated heterocycles. The smallest absolute Gasteiger partial charge is 0.150 e. The normalized spacial score (nSPS) is 10.4. The summed E-state index contributed by atoms with van der Waals surface area (Å²) in [4.78, 5) is 6.70. The van der Waals surface area contributed by atoms with Crippen molar-refractivity contribution in [1.82, 2.24) is 9.97 Å². The number of hydrogen-bond donors (Lipinski definition) is 2. The summed E-state index contributed by atoms with van der Waals surface area (Å²) in [6.07, 6.45) is 3.16. The Labute approximate surface area is 99.0 Å². The average Bonchev–Trinajstić information content (AvgIpc) is 2.68. The maximum Gasteiger partial charge on any atom is 0.150 e. The van der Waals surface area contributed by atoms with Crippen LogP contribution in [-0.2, 0) is 6.54 Å². The molecule has 1 heterocycles. The summed E-state index contributed by atoms with van der Waals surface area (Å²) >= 11 is 3.09. The minimum absolute atomic E-state index is 0.232. The Morgan fingerprint density at radius 1 is 1.38 bits per heavy atom. The maximum absolute atomic E-state index is 13.4. The molecule has 0 bridgehead atoms.